The molecule has 1 saturated heterocycles. The fraction of sp³-hybridized carbons (Fsp3) is 0.308. The van der Waals surface area contributed by atoms with Crippen LogP contribution in [0.25, 0.3) is 16.9 Å². The molecule has 0 N–H and O–H groups in total. The Hall–Kier alpha value is -3.95. The molecule has 4 heterocycles. The third kappa shape index (κ3) is 3.35. The summed E-state index contributed by atoms with van der Waals surface area (Å²) >= 11 is 0. The maximum atomic E-state index is 14.0. The number of amides is 1. The Morgan fingerprint density at radius 3 is 2.50 bits per heavy atom. The van der Waals surface area contributed by atoms with Gasteiger partial charge in [0.25, 0.3) is 5.91 Å². The monoisotopic (exact) mass is 492 g/mol. The third-order valence-electron chi connectivity index (χ3n) is 7.40. The summed E-state index contributed by atoms with van der Waals surface area (Å²) in [5, 5.41) is 12.4. The lowest BCUT2D eigenvalue weighted by atomic mass is 9.81. The molecular formula is C26H23F3N6O. The minimum absolute atomic E-state index is 0.0751. The minimum Gasteiger partial charge on any atom is -0.327 e. The van der Waals surface area contributed by atoms with E-state index in [-0.39, 0.29) is 23.6 Å². The van der Waals surface area contributed by atoms with Gasteiger partial charge in [-0.15, -0.1) is 10.2 Å². The van der Waals surface area contributed by atoms with Crippen LogP contribution in [0.5, 0.6) is 0 Å². The number of carbonyl (C=O) groups is 1. The summed E-state index contributed by atoms with van der Waals surface area (Å²) < 4.78 is 45.1. The van der Waals surface area contributed by atoms with Gasteiger partial charge in [0.2, 0.25) is 0 Å². The molecule has 0 unspecified atom stereocenters. The van der Waals surface area contributed by atoms with E-state index in [1.807, 2.05) is 30.0 Å². The normalized spacial score (nSPS) is 18.9. The van der Waals surface area contributed by atoms with Crippen LogP contribution in [0.2, 0.25) is 0 Å². The molecule has 0 radical (unpaired) electrons. The van der Waals surface area contributed by atoms with Gasteiger partial charge >= 0.3 is 0 Å². The van der Waals surface area contributed by atoms with Crippen molar-refractivity contribution < 1.29 is 18.0 Å². The Balaban J connectivity index is 1.42. The summed E-state index contributed by atoms with van der Waals surface area (Å²) in [6, 6.07) is 7.25. The largest absolute Gasteiger partial charge is 0.327 e. The van der Waals surface area contributed by atoms with E-state index in [0.717, 1.165) is 53.9 Å². The average Bonchev–Trinajstić information content (AvgIpc) is 3.50. The molecule has 2 aliphatic heterocycles. The van der Waals surface area contributed by atoms with Crippen molar-refractivity contribution in [2.24, 2.45) is 7.05 Å². The Labute approximate surface area is 205 Å². The van der Waals surface area contributed by atoms with Crippen LogP contribution in [0.4, 0.5) is 13.2 Å². The topological polar surface area (TPSA) is 68.8 Å². The van der Waals surface area contributed by atoms with E-state index >= 15 is 0 Å². The zero-order valence-electron chi connectivity index (χ0n) is 19.8. The number of aromatic nitrogens is 5. The van der Waals surface area contributed by atoms with E-state index in [0.29, 0.717) is 17.7 Å². The summed E-state index contributed by atoms with van der Waals surface area (Å²) in [5.74, 6) is -4.05. The second kappa shape index (κ2) is 8.32. The third-order valence-corrected chi connectivity index (χ3v) is 7.40. The van der Waals surface area contributed by atoms with Crippen LogP contribution in [0, 0.1) is 24.4 Å². The Kier molecular flexibility index (Phi) is 5.20. The first-order valence-corrected chi connectivity index (χ1v) is 11.8. The maximum absolute atomic E-state index is 14.0. The molecule has 184 valence electrons. The van der Waals surface area contributed by atoms with E-state index < -0.39 is 17.5 Å². The van der Waals surface area contributed by atoms with Gasteiger partial charge in [0, 0.05) is 29.8 Å². The molecule has 1 fully saturated rings. The van der Waals surface area contributed by atoms with Crippen LogP contribution < -0.4 is 0 Å². The van der Waals surface area contributed by atoms with E-state index in [2.05, 4.69) is 10.2 Å². The summed E-state index contributed by atoms with van der Waals surface area (Å²) in [5.41, 5.74) is 4.63. The lowest BCUT2D eigenvalue weighted by Gasteiger charge is -2.45. The predicted octanol–water partition coefficient (Wildman–Crippen LogP) is 4.69. The number of hydrogen-bond acceptors (Lipinski definition) is 4. The number of fused-ring (bicyclic) bond motifs is 4. The number of aryl methyl sites for hydroxylation is 1. The Morgan fingerprint density at radius 1 is 1.06 bits per heavy atom. The lowest BCUT2D eigenvalue weighted by molar-refractivity contribution is 0.0391. The first kappa shape index (κ1) is 22.5. The van der Waals surface area contributed by atoms with Gasteiger partial charge in [-0.05, 0) is 62.4 Å². The van der Waals surface area contributed by atoms with Crippen molar-refractivity contribution >= 4 is 5.91 Å². The number of carbonyl (C=O) groups excluding carboxylic acids is 1. The van der Waals surface area contributed by atoms with Crippen LogP contribution >= 0.6 is 0 Å². The second-order valence-corrected chi connectivity index (χ2v) is 9.43. The highest BCUT2D eigenvalue weighted by Gasteiger charge is 2.44. The van der Waals surface area contributed by atoms with Crippen molar-refractivity contribution in [2.45, 2.75) is 44.7 Å². The Morgan fingerprint density at radius 2 is 1.78 bits per heavy atom. The summed E-state index contributed by atoms with van der Waals surface area (Å²) in [6.45, 7) is 1.91. The average molecular weight is 493 g/mol. The molecule has 7 nitrogen and oxygen atoms in total. The highest BCUT2D eigenvalue weighted by molar-refractivity contribution is 5.97. The van der Waals surface area contributed by atoms with Gasteiger partial charge in [0.15, 0.2) is 17.5 Å². The maximum Gasteiger partial charge on any atom is 0.255 e. The molecule has 2 bridgehead atoms. The van der Waals surface area contributed by atoms with Crippen molar-refractivity contribution in [3.05, 3.63) is 82.8 Å². The van der Waals surface area contributed by atoms with Crippen LogP contribution in [0.3, 0.4) is 0 Å². The molecule has 0 spiro atoms. The molecule has 36 heavy (non-hydrogen) atoms. The Bertz CT molecular complexity index is 1470. The number of rotatable bonds is 3. The van der Waals surface area contributed by atoms with Crippen LogP contribution in [0.15, 0.2) is 43.0 Å². The smallest absolute Gasteiger partial charge is 0.255 e. The number of nitrogens with zero attached hydrogens (tertiary/aromatic N) is 6. The van der Waals surface area contributed by atoms with Crippen molar-refractivity contribution in [3.8, 4) is 16.9 Å². The van der Waals surface area contributed by atoms with Gasteiger partial charge in [-0.2, -0.15) is 5.10 Å². The molecule has 0 aliphatic carbocycles. The molecule has 0 saturated carbocycles. The quantitative estimate of drug-likeness (QED) is 0.390. The summed E-state index contributed by atoms with van der Waals surface area (Å²) in [7, 11) is 1.70. The zero-order valence-corrected chi connectivity index (χ0v) is 19.8. The predicted molar refractivity (Wildman–Crippen MR) is 125 cm³/mol. The SMILES string of the molecule is Cc1c(C(=O)N2[C@@H]3CCC[C@H]2c2nn(C)c(-c4cc(F)c(F)c(F)c4)c2C3)cccc1-n1cnnc1. The minimum atomic E-state index is -1.49. The number of piperidine rings is 1. The fourth-order valence-corrected chi connectivity index (χ4v) is 5.80. The van der Waals surface area contributed by atoms with Gasteiger partial charge in [0.1, 0.15) is 12.7 Å². The van der Waals surface area contributed by atoms with Crippen LogP contribution in [-0.2, 0) is 13.5 Å². The van der Waals surface area contributed by atoms with Crippen LogP contribution in [0.1, 0.15) is 52.5 Å². The van der Waals surface area contributed by atoms with Gasteiger partial charge < -0.3 is 4.90 Å². The molecule has 2 aromatic carbocycles. The van der Waals surface area contributed by atoms with E-state index in [4.69, 9.17) is 5.10 Å². The number of hydrogen-bond donors (Lipinski definition) is 0. The first-order valence-electron chi connectivity index (χ1n) is 11.8. The molecule has 2 aromatic heterocycles. The van der Waals surface area contributed by atoms with E-state index in [1.54, 1.807) is 29.0 Å². The molecule has 2 aliphatic rings. The van der Waals surface area contributed by atoms with Gasteiger partial charge in [-0.25, -0.2) is 13.2 Å². The van der Waals surface area contributed by atoms with Gasteiger partial charge in [0.05, 0.1) is 23.1 Å². The zero-order chi connectivity index (χ0) is 25.1. The molecule has 1 amide bonds. The van der Waals surface area contributed by atoms with Crippen molar-refractivity contribution in [2.75, 3.05) is 0 Å². The molecular weight excluding hydrogens is 469 g/mol. The molecule has 10 heteroatoms. The summed E-state index contributed by atoms with van der Waals surface area (Å²) in [6.07, 6.45) is 6.19. The highest BCUT2D eigenvalue weighted by Crippen LogP contribution is 2.45. The highest BCUT2D eigenvalue weighted by atomic mass is 19.2. The lowest BCUT2D eigenvalue weighted by Crippen LogP contribution is -2.50. The van der Waals surface area contributed by atoms with E-state index in [1.165, 1.54) is 0 Å². The number of benzene rings is 2. The fourth-order valence-electron chi connectivity index (χ4n) is 5.80. The second-order valence-electron chi connectivity index (χ2n) is 9.43. The standard InChI is InChI=1S/C26H23F3N6O/c1-14-17(6-4-7-21(14)34-12-30-31-13-34)26(36)35-16-5-3-8-22(35)24-18(11-16)25(33(2)32-24)15-9-19(27)23(29)20(28)10-15/h4,6-7,9-10,12-13,16,22H,3,5,8,11H2,1-2H3/t16-,22+/m1/s1. The molecule has 2 atom stereocenters. The van der Waals surface area contributed by atoms with Crippen molar-refractivity contribution in [1.29, 1.82) is 0 Å². The van der Waals surface area contributed by atoms with Crippen LogP contribution in [-0.4, -0.2) is 41.4 Å². The van der Waals surface area contributed by atoms with Gasteiger partial charge in [-0.1, -0.05) is 6.07 Å². The molecule has 4 aromatic rings. The first-order chi connectivity index (χ1) is 17.3. The van der Waals surface area contributed by atoms with E-state index in [9.17, 15) is 18.0 Å². The van der Waals surface area contributed by atoms with Gasteiger partial charge in [-0.3, -0.25) is 14.0 Å². The van der Waals surface area contributed by atoms with Crippen molar-refractivity contribution in [3.63, 3.8) is 0 Å². The number of halogens is 3. The molecule has 6 rings (SSSR count). The summed E-state index contributed by atoms with van der Waals surface area (Å²) in [4.78, 5) is 15.9. The van der Waals surface area contributed by atoms with Crippen molar-refractivity contribution in [1.82, 2.24) is 29.4 Å².